The Balaban J connectivity index is 4.26. The van der Waals surface area contributed by atoms with Crippen molar-refractivity contribution in [3.63, 3.8) is 0 Å². The standard InChI is InChI=1S/C9H19N3O2/c1-5-12(6-8(13)11-4)9(14)7(2)10-3/h7,10H,5-6H2,1-4H3,(H,11,13). The molecule has 1 unspecified atom stereocenters. The van der Waals surface area contributed by atoms with E-state index in [1.165, 1.54) is 4.90 Å². The van der Waals surface area contributed by atoms with Crippen molar-refractivity contribution in [2.75, 3.05) is 27.2 Å². The minimum atomic E-state index is -0.250. The van der Waals surface area contributed by atoms with E-state index in [9.17, 15) is 9.59 Å². The normalized spacial score (nSPS) is 12.0. The second-order valence-corrected chi connectivity index (χ2v) is 3.04. The van der Waals surface area contributed by atoms with Crippen LogP contribution in [0, 0.1) is 0 Å². The summed E-state index contributed by atoms with van der Waals surface area (Å²) in [6.45, 7) is 4.29. The van der Waals surface area contributed by atoms with Gasteiger partial charge in [-0.25, -0.2) is 0 Å². The van der Waals surface area contributed by atoms with Gasteiger partial charge < -0.3 is 15.5 Å². The number of likely N-dealkylation sites (N-methyl/N-ethyl adjacent to an activating group) is 3. The van der Waals surface area contributed by atoms with Gasteiger partial charge in [0.25, 0.3) is 0 Å². The lowest BCUT2D eigenvalue weighted by Gasteiger charge is -2.23. The van der Waals surface area contributed by atoms with Crippen LogP contribution in [0.15, 0.2) is 0 Å². The minimum Gasteiger partial charge on any atom is -0.358 e. The van der Waals surface area contributed by atoms with Crippen molar-refractivity contribution in [3.05, 3.63) is 0 Å². The molecule has 0 aromatic heterocycles. The molecule has 0 saturated heterocycles. The Labute approximate surface area is 84.8 Å². The third-order valence-electron chi connectivity index (χ3n) is 2.11. The monoisotopic (exact) mass is 201 g/mol. The number of nitrogens with one attached hydrogen (secondary N) is 2. The summed E-state index contributed by atoms with van der Waals surface area (Å²) in [5.41, 5.74) is 0. The predicted molar refractivity (Wildman–Crippen MR) is 54.8 cm³/mol. The first kappa shape index (κ1) is 12.9. The number of carbonyl (C=O) groups excluding carboxylic acids is 2. The van der Waals surface area contributed by atoms with E-state index in [0.29, 0.717) is 6.54 Å². The minimum absolute atomic E-state index is 0.0569. The number of amides is 2. The first-order valence-electron chi connectivity index (χ1n) is 4.73. The summed E-state index contributed by atoms with van der Waals surface area (Å²) in [4.78, 5) is 24.2. The van der Waals surface area contributed by atoms with E-state index in [1.54, 1.807) is 21.0 Å². The van der Waals surface area contributed by atoms with Gasteiger partial charge in [0.05, 0.1) is 12.6 Å². The van der Waals surface area contributed by atoms with Gasteiger partial charge in [0, 0.05) is 13.6 Å². The third-order valence-corrected chi connectivity index (χ3v) is 2.11. The lowest BCUT2D eigenvalue weighted by atomic mass is 10.3. The molecular weight excluding hydrogens is 182 g/mol. The summed E-state index contributed by atoms with van der Waals surface area (Å²) >= 11 is 0. The zero-order valence-electron chi connectivity index (χ0n) is 9.26. The zero-order valence-corrected chi connectivity index (χ0v) is 9.26. The summed E-state index contributed by atoms with van der Waals surface area (Å²) in [7, 11) is 3.28. The topological polar surface area (TPSA) is 61.4 Å². The second kappa shape index (κ2) is 6.37. The molecule has 82 valence electrons. The van der Waals surface area contributed by atoms with Gasteiger partial charge in [-0.15, -0.1) is 0 Å². The Morgan fingerprint density at radius 1 is 1.36 bits per heavy atom. The van der Waals surface area contributed by atoms with Crippen molar-refractivity contribution >= 4 is 11.8 Å². The Hall–Kier alpha value is -1.10. The van der Waals surface area contributed by atoms with Crippen LogP contribution in [0.2, 0.25) is 0 Å². The Morgan fingerprint density at radius 3 is 2.29 bits per heavy atom. The van der Waals surface area contributed by atoms with E-state index in [-0.39, 0.29) is 24.4 Å². The van der Waals surface area contributed by atoms with Crippen molar-refractivity contribution in [2.45, 2.75) is 19.9 Å². The lowest BCUT2D eigenvalue weighted by Crippen LogP contribution is -2.47. The maximum absolute atomic E-state index is 11.6. The Kier molecular flexibility index (Phi) is 5.87. The number of hydrogen-bond acceptors (Lipinski definition) is 3. The number of rotatable bonds is 5. The van der Waals surface area contributed by atoms with E-state index in [0.717, 1.165) is 0 Å². The quantitative estimate of drug-likeness (QED) is 0.611. The van der Waals surface area contributed by atoms with Crippen molar-refractivity contribution in [2.24, 2.45) is 0 Å². The molecule has 2 N–H and O–H groups in total. The van der Waals surface area contributed by atoms with Crippen LogP contribution in [0.25, 0.3) is 0 Å². The highest BCUT2D eigenvalue weighted by Gasteiger charge is 2.19. The summed E-state index contributed by atoms with van der Waals surface area (Å²) < 4.78 is 0. The molecule has 0 aliphatic heterocycles. The van der Waals surface area contributed by atoms with E-state index < -0.39 is 0 Å². The highest BCUT2D eigenvalue weighted by Crippen LogP contribution is 1.94. The highest BCUT2D eigenvalue weighted by atomic mass is 16.2. The Morgan fingerprint density at radius 2 is 1.93 bits per heavy atom. The van der Waals surface area contributed by atoms with Gasteiger partial charge in [0.2, 0.25) is 11.8 Å². The SMILES string of the molecule is CCN(CC(=O)NC)C(=O)C(C)NC. The van der Waals surface area contributed by atoms with Crippen LogP contribution in [0.5, 0.6) is 0 Å². The molecule has 0 rings (SSSR count). The molecule has 2 amide bonds. The van der Waals surface area contributed by atoms with Crippen LogP contribution in [0.1, 0.15) is 13.8 Å². The largest absolute Gasteiger partial charge is 0.358 e. The highest BCUT2D eigenvalue weighted by molar-refractivity contribution is 5.87. The number of nitrogens with zero attached hydrogens (tertiary/aromatic N) is 1. The maximum Gasteiger partial charge on any atom is 0.239 e. The number of hydrogen-bond donors (Lipinski definition) is 2. The van der Waals surface area contributed by atoms with Crippen LogP contribution in [-0.4, -0.2) is 49.9 Å². The van der Waals surface area contributed by atoms with E-state index in [2.05, 4.69) is 10.6 Å². The van der Waals surface area contributed by atoms with Crippen LogP contribution in [0.3, 0.4) is 0 Å². The molecule has 0 radical (unpaired) electrons. The van der Waals surface area contributed by atoms with Crippen molar-refractivity contribution in [1.29, 1.82) is 0 Å². The van der Waals surface area contributed by atoms with Crippen molar-refractivity contribution in [1.82, 2.24) is 15.5 Å². The summed E-state index contributed by atoms with van der Waals surface area (Å²) in [5.74, 6) is -0.206. The fourth-order valence-corrected chi connectivity index (χ4v) is 0.995. The molecule has 0 saturated carbocycles. The molecule has 0 aromatic rings. The van der Waals surface area contributed by atoms with Gasteiger partial charge in [-0.05, 0) is 20.9 Å². The van der Waals surface area contributed by atoms with Gasteiger partial charge >= 0.3 is 0 Å². The third kappa shape index (κ3) is 3.74. The lowest BCUT2D eigenvalue weighted by molar-refractivity contribution is -0.137. The molecule has 5 nitrogen and oxygen atoms in total. The molecule has 0 aliphatic carbocycles. The van der Waals surface area contributed by atoms with E-state index in [1.807, 2.05) is 6.92 Å². The first-order valence-corrected chi connectivity index (χ1v) is 4.73. The van der Waals surface area contributed by atoms with Gasteiger partial charge in [-0.2, -0.15) is 0 Å². The fraction of sp³-hybridized carbons (Fsp3) is 0.778. The average molecular weight is 201 g/mol. The van der Waals surface area contributed by atoms with Gasteiger partial charge in [0.15, 0.2) is 0 Å². The van der Waals surface area contributed by atoms with Crippen LogP contribution in [-0.2, 0) is 9.59 Å². The van der Waals surface area contributed by atoms with Gasteiger partial charge in [-0.1, -0.05) is 0 Å². The van der Waals surface area contributed by atoms with Crippen LogP contribution < -0.4 is 10.6 Å². The van der Waals surface area contributed by atoms with Gasteiger partial charge in [-0.3, -0.25) is 9.59 Å². The van der Waals surface area contributed by atoms with Gasteiger partial charge in [0.1, 0.15) is 0 Å². The maximum atomic E-state index is 11.6. The average Bonchev–Trinajstić information content (AvgIpc) is 2.23. The molecule has 0 aromatic carbocycles. The molecule has 5 heteroatoms. The fourth-order valence-electron chi connectivity index (χ4n) is 0.995. The molecule has 0 aliphatic rings. The number of carbonyl (C=O) groups is 2. The smallest absolute Gasteiger partial charge is 0.239 e. The molecular formula is C9H19N3O2. The molecule has 0 bridgehead atoms. The molecule has 0 fully saturated rings. The van der Waals surface area contributed by atoms with Crippen molar-refractivity contribution in [3.8, 4) is 0 Å². The van der Waals surface area contributed by atoms with Crippen molar-refractivity contribution < 1.29 is 9.59 Å². The summed E-state index contributed by atoms with van der Waals surface area (Å²) in [6.07, 6.45) is 0. The first-order chi connectivity index (χ1) is 6.56. The zero-order chi connectivity index (χ0) is 11.1. The summed E-state index contributed by atoms with van der Waals surface area (Å²) in [5, 5.41) is 5.34. The van der Waals surface area contributed by atoms with E-state index >= 15 is 0 Å². The van der Waals surface area contributed by atoms with Crippen LogP contribution >= 0.6 is 0 Å². The predicted octanol–water partition coefficient (Wildman–Crippen LogP) is -0.811. The Bertz CT molecular complexity index is 206. The molecule has 1 atom stereocenters. The molecule has 0 spiro atoms. The summed E-state index contributed by atoms with van der Waals surface area (Å²) in [6, 6.07) is -0.250. The molecule has 14 heavy (non-hydrogen) atoms. The molecule has 0 heterocycles. The second-order valence-electron chi connectivity index (χ2n) is 3.04. The van der Waals surface area contributed by atoms with E-state index in [4.69, 9.17) is 0 Å². The van der Waals surface area contributed by atoms with Crippen LogP contribution in [0.4, 0.5) is 0 Å².